The Morgan fingerprint density at radius 3 is 2.75 bits per heavy atom. The minimum absolute atomic E-state index is 0.264. The molecule has 0 N–H and O–H groups in total. The number of hydrogen-bond donors (Lipinski definition) is 0. The van der Waals surface area contributed by atoms with Crippen molar-refractivity contribution >= 4 is 11.7 Å². The second-order valence-electron chi connectivity index (χ2n) is 2.64. The molecular formula is C9H11NO2. The summed E-state index contributed by atoms with van der Waals surface area (Å²) >= 11 is 0. The number of likely N-dealkylation sites (tertiary alicyclic amines) is 1. The predicted octanol–water partition coefficient (Wildman–Crippen LogP) is 0.201. The molecular weight excluding hydrogens is 154 g/mol. The molecule has 0 spiro atoms. The summed E-state index contributed by atoms with van der Waals surface area (Å²) in [4.78, 5) is 23.4. The molecule has 0 saturated carbocycles. The molecule has 1 aliphatic heterocycles. The molecule has 1 heterocycles. The van der Waals surface area contributed by atoms with Crippen LogP contribution in [0.15, 0.2) is 0 Å². The Kier molecular flexibility index (Phi) is 2.87. The first-order valence-electron chi connectivity index (χ1n) is 3.97. The van der Waals surface area contributed by atoms with E-state index in [2.05, 4.69) is 11.8 Å². The molecule has 0 aliphatic carbocycles. The van der Waals surface area contributed by atoms with Crippen molar-refractivity contribution in [2.75, 3.05) is 13.1 Å². The van der Waals surface area contributed by atoms with Crippen molar-refractivity contribution in [2.45, 2.75) is 19.8 Å². The van der Waals surface area contributed by atoms with Gasteiger partial charge in [-0.3, -0.25) is 9.59 Å². The third-order valence-electron chi connectivity index (χ3n) is 1.82. The Hall–Kier alpha value is -1.30. The molecule has 1 fully saturated rings. The van der Waals surface area contributed by atoms with Gasteiger partial charge >= 0.3 is 0 Å². The van der Waals surface area contributed by atoms with Crippen LogP contribution in [0.1, 0.15) is 19.8 Å². The minimum Gasteiger partial charge on any atom is -0.335 e. The number of rotatable bonds is 2. The average molecular weight is 165 g/mol. The van der Waals surface area contributed by atoms with Gasteiger partial charge in [0.05, 0.1) is 0 Å². The summed E-state index contributed by atoms with van der Waals surface area (Å²) in [5.74, 6) is 5.00. The standard InChI is InChI=1S/C9H11NO2/c1-2-3-4-6-10-7-5-8(11)9(10)12/h4-7H2,1H3. The molecule has 0 unspecified atom stereocenters. The van der Waals surface area contributed by atoms with Gasteiger partial charge in [-0.1, -0.05) is 0 Å². The summed E-state index contributed by atoms with van der Waals surface area (Å²) in [6.45, 7) is 2.92. The molecule has 0 aromatic carbocycles. The van der Waals surface area contributed by atoms with Crippen molar-refractivity contribution in [1.29, 1.82) is 0 Å². The fourth-order valence-electron chi connectivity index (χ4n) is 1.15. The highest BCUT2D eigenvalue weighted by Gasteiger charge is 2.28. The zero-order chi connectivity index (χ0) is 8.97. The third-order valence-corrected chi connectivity index (χ3v) is 1.82. The highest BCUT2D eigenvalue weighted by Crippen LogP contribution is 2.05. The maximum Gasteiger partial charge on any atom is 0.290 e. The van der Waals surface area contributed by atoms with E-state index < -0.39 is 0 Å². The van der Waals surface area contributed by atoms with Crippen LogP contribution in [0.5, 0.6) is 0 Å². The second-order valence-corrected chi connectivity index (χ2v) is 2.64. The summed E-state index contributed by atoms with van der Waals surface area (Å²) in [6.07, 6.45) is 1.04. The second kappa shape index (κ2) is 3.91. The topological polar surface area (TPSA) is 37.4 Å². The van der Waals surface area contributed by atoms with Crippen LogP contribution in [-0.4, -0.2) is 29.7 Å². The molecule has 64 valence electrons. The molecule has 0 aromatic rings. The monoisotopic (exact) mass is 165 g/mol. The Labute approximate surface area is 71.7 Å². The van der Waals surface area contributed by atoms with E-state index >= 15 is 0 Å². The molecule has 1 rings (SSSR count). The molecule has 12 heavy (non-hydrogen) atoms. The smallest absolute Gasteiger partial charge is 0.290 e. The molecule has 0 atom stereocenters. The third kappa shape index (κ3) is 1.85. The Morgan fingerprint density at radius 2 is 2.25 bits per heavy atom. The number of nitrogens with zero attached hydrogens (tertiary/aromatic N) is 1. The van der Waals surface area contributed by atoms with Crippen molar-refractivity contribution < 1.29 is 9.59 Å². The Balaban J connectivity index is 2.37. The molecule has 1 amide bonds. The fraction of sp³-hybridized carbons (Fsp3) is 0.556. The van der Waals surface area contributed by atoms with Crippen LogP contribution in [0.3, 0.4) is 0 Å². The number of hydrogen-bond acceptors (Lipinski definition) is 2. The highest BCUT2D eigenvalue weighted by atomic mass is 16.2. The van der Waals surface area contributed by atoms with Crippen LogP contribution < -0.4 is 0 Å². The van der Waals surface area contributed by atoms with Crippen molar-refractivity contribution in [2.24, 2.45) is 0 Å². The van der Waals surface area contributed by atoms with Gasteiger partial charge in [0, 0.05) is 25.9 Å². The number of carbonyl (C=O) groups is 2. The molecule has 0 aromatic heterocycles. The van der Waals surface area contributed by atoms with Gasteiger partial charge in [0.1, 0.15) is 0 Å². The van der Waals surface area contributed by atoms with Crippen molar-refractivity contribution in [3.63, 3.8) is 0 Å². The zero-order valence-corrected chi connectivity index (χ0v) is 7.09. The van der Waals surface area contributed by atoms with Gasteiger partial charge in [-0.2, -0.15) is 0 Å². The number of ketones is 1. The van der Waals surface area contributed by atoms with E-state index in [0.29, 0.717) is 25.9 Å². The molecule has 1 saturated heterocycles. The van der Waals surface area contributed by atoms with E-state index in [0.717, 1.165) is 0 Å². The van der Waals surface area contributed by atoms with E-state index in [-0.39, 0.29) is 11.7 Å². The average Bonchev–Trinajstić information content (AvgIpc) is 2.36. The lowest BCUT2D eigenvalue weighted by molar-refractivity contribution is -0.139. The van der Waals surface area contributed by atoms with Crippen LogP contribution >= 0.6 is 0 Å². The lowest BCUT2D eigenvalue weighted by Crippen LogP contribution is -2.28. The van der Waals surface area contributed by atoms with Gasteiger partial charge in [0.2, 0.25) is 5.78 Å². The van der Waals surface area contributed by atoms with Gasteiger partial charge in [-0.05, 0) is 6.92 Å². The van der Waals surface area contributed by atoms with Gasteiger partial charge in [-0.15, -0.1) is 11.8 Å². The Morgan fingerprint density at radius 1 is 1.50 bits per heavy atom. The summed E-state index contributed by atoms with van der Waals surface area (Å²) in [6, 6.07) is 0. The number of Topliss-reactive ketones (excluding diaryl/α,β-unsaturated/α-hetero) is 1. The molecule has 0 radical (unpaired) electrons. The van der Waals surface area contributed by atoms with Crippen LogP contribution in [0, 0.1) is 11.8 Å². The van der Waals surface area contributed by atoms with Gasteiger partial charge in [0.25, 0.3) is 5.91 Å². The lowest BCUT2D eigenvalue weighted by Gasteiger charge is -2.11. The van der Waals surface area contributed by atoms with E-state index in [1.54, 1.807) is 11.8 Å². The normalized spacial score (nSPS) is 16.2. The van der Waals surface area contributed by atoms with Crippen molar-refractivity contribution in [3.8, 4) is 11.8 Å². The first kappa shape index (κ1) is 8.79. The van der Waals surface area contributed by atoms with Crippen molar-refractivity contribution in [1.82, 2.24) is 4.90 Å². The summed E-state index contributed by atoms with van der Waals surface area (Å²) in [5.41, 5.74) is 0. The predicted molar refractivity (Wildman–Crippen MR) is 44.3 cm³/mol. The SMILES string of the molecule is CC#CCCN1CCC(=O)C1=O. The lowest BCUT2D eigenvalue weighted by atomic mass is 10.3. The molecule has 3 heteroatoms. The summed E-state index contributed by atoms with van der Waals surface area (Å²) in [5, 5.41) is 0. The molecule has 0 bridgehead atoms. The van der Waals surface area contributed by atoms with E-state index in [4.69, 9.17) is 0 Å². The van der Waals surface area contributed by atoms with Gasteiger partial charge < -0.3 is 4.90 Å². The van der Waals surface area contributed by atoms with E-state index in [1.807, 2.05) is 0 Å². The van der Waals surface area contributed by atoms with E-state index in [1.165, 1.54) is 0 Å². The van der Waals surface area contributed by atoms with Gasteiger partial charge in [0.15, 0.2) is 0 Å². The minimum atomic E-state index is -0.340. The maximum atomic E-state index is 11.0. The summed E-state index contributed by atoms with van der Waals surface area (Å²) < 4.78 is 0. The van der Waals surface area contributed by atoms with Crippen LogP contribution in [-0.2, 0) is 9.59 Å². The van der Waals surface area contributed by atoms with Crippen LogP contribution in [0.4, 0.5) is 0 Å². The number of amides is 1. The van der Waals surface area contributed by atoms with Gasteiger partial charge in [-0.25, -0.2) is 0 Å². The highest BCUT2D eigenvalue weighted by molar-refractivity contribution is 6.37. The molecule has 3 nitrogen and oxygen atoms in total. The first-order valence-corrected chi connectivity index (χ1v) is 3.97. The molecule has 1 aliphatic rings. The summed E-state index contributed by atoms with van der Waals surface area (Å²) in [7, 11) is 0. The van der Waals surface area contributed by atoms with Crippen LogP contribution in [0.2, 0.25) is 0 Å². The Bertz CT molecular complexity index is 259. The number of carbonyl (C=O) groups excluding carboxylic acids is 2. The van der Waals surface area contributed by atoms with Crippen molar-refractivity contribution in [3.05, 3.63) is 0 Å². The van der Waals surface area contributed by atoms with E-state index in [9.17, 15) is 9.59 Å². The fourth-order valence-corrected chi connectivity index (χ4v) is 1.15. The van der Waals surface area contributed by atoms with Crippen LogP contribution in [0.25, 0.3) is 0 Å². The first-order chi connectivity index (χ1) is 5.75. The quantitative estimate of drug-likeness (QED) is 0.433. The zero-order valence-electron chi connectivity index (χ0n) is 7.09. The largest absolute Gasteiger partial charge is 0.335 e. The maximum absolute atomic E-state index is 11.0.